The largest absolute Gasteiger partial charge is 0.493 e. The molecule has 23 heavy (non-hydrogen) atoms. The second-order valence-corrected chi connectivity index (χ2v) is 5.72. The van der Waals surface area contributed by atoms with Crippen LogP contribution in [0.15, 0.2) is 24.4 Å². The fourth-order valence-electron chi connectivity index (χ4n) is 2.85. The Morgan fingerprint density at radius 2 is 2.09 bits per heavy atom. The van der Waals surface area contributed by atoms with E-state index >= 15 is 0 Å². The molecule has 5 heteroatoms. The predicted octanol–water partition coefficient (Wildman–Crippen LogP) is 3.40. The third-order valence-corrected chi connectivity index (χ3v) is 4.14. The lowest BCUT2D eigenvalue weighted by Gasteiger charge is -2.16. The van der Waals surface area contributed by atoms with E-state index in [1.807, 2.05) is 30.4 Å². The van der Waals surface area contributed by atoms with Crippen molar-refractivity contribution in [2.24, 2.45) is 0 Å². The predicted molar refractivity (Wildman–Crippen MR) is 89.3 cm³/mol. The van der Waals surface area contributed by atoms with Crippen LogP contribution >= 0.6 is 0 Å². The van der Waals surface area contributed by atoms with Crippen molar-refractivity contribution in [3.8, 4) is 11.5 Å². The summed E-state index contributed by atoms with van der Waals surface area (Å²) in [5.74, 6) is 1.54. The van der Waals surface area contributed by atoms with Crippen LogP contribution in [0.1, 0.15) is 42.5 Å². The minimum absolute atomic E-state index is 0.0329. The number of methoxy groups -OCH3 is 1. The number of benzene rings is 1. The lowest BCUT2D eigenvalue weighted by Crippen LogP contribution is -2.11. The monoisotopic (exact) mass is 314 g/mol. The summed E-state index contributed by atoms with van der Waals surface area (Å²) < 4.78 is 11.5. The molecule has 3 rings (SSSR count). The van der Waals surface area contributed by atoms with Crippen LogP contribution < -0.4 is 9.47 Å². The minimum Gasteiger partial charge on any atom is -0.493 e. The number of aliphatic hydroxyl groups is 1. The Labute approximate surface area is 135 Å². The Morgan fingerprint density at radius 1 is 1.26 bits per heavy atom. The molecule has 0 bridgehead atoms. The van der Waals surface area contributed by atoms with Gasteiger partial charge in [-0.15, -0.1) is 0 Å². The first-order chi connectivity index (χ1) is 11.3. The lowest BCUT2D eigenvalue weighted by molar-refractivity contribution is 0.201. The molecule has 0 spiro atoms. The third kappa shape index (κ3) is 3.74. The van der Waals surface area contributed by atoms with Gasteiger partial charge in [0.05, 0.1) is 25.5 Å². The summed E-state index contributed by atoms with van der Waals surface area (Å²) in [4.78, 5) is 0. The van der Waals surface area contributed by atoms with Crippen molar-refractivity contribution in [3.63, 3.8) is 0 Å². The Bertz CT molecular complexity index is 673. The molecule has 5 nitrogen and oxygen atoms in total. The van der Waals surface area contributed by atoms with Crippen LogP contribution in [0.2, 0.25) is 0 Å². The van der Waals surface area contributed by atoms with Gasteiger partial charge in [-0.05, 0) is 49.5 Å². The molecular formula is C18H22N2O3. The molecule has 1 aliphatic carbocycles. The van der Waals surface area contributed by atoms with Gasteiger partial charge in [-0.2, -0.15) is 5.10 Å². The molecule has 1 aromatic heterocycles. The molecule has 0 amide bonds. The maximum Gasteiger partial charge on any atom is 0.162 e. The number of nitrogens with zero attached hydrogens (tertiary/aromatic N) is 1. The number of hydrogen-bond donors (Lipinski definition) is 2. The van der Waals surface area contributed by atoms with Crippen molar-refractivity contribution in [1.29, 1.82) is 0 Å². The summed E-state index contributed by atoms with van der Waals surface area (Å²) >= 11 is 0. The summed E-state index contributed by atoms with van der Waals surface area (Å²) in [6, 6.07) is 5.88. The first kappa shape index (κ1) is 15.6. The van der Waals surface area contributed by atoms with Gasteiger partial charge in [0.25, 0.3) is 0 Å². The molecule has 0 aliphatic heterocycles. The van der Waals surface area contributed by atoms with Gasteiger partial charge in [0.15, 0.2) is 11.5 Å². The van der Waals surface area contributed by atoms with Gasteiger partial charge in [-0.1, -0.05) is 12.1 Å². The highest BCUT2D eigenvalue weighted by molar-refractivity contribution is 5.70. The minimum atomic E-state index is -0.0329. The fraction of sp³-hybridized carbons (Fsp3) is 0.389. The van der Waals surface area contributed by atoms with Crippen molar-refractivity contribution >= 4 is 12.2 Å². The van der Waals surface area contributed by atoms with Gasteiger partial charge in [-0.25, -0.2) is 0 Å². The van der Waals surface area contributed by atoms with Crippen LogP contribution in [-0.4, -0.2) is 28.5 Å². The quantitative estimate of drug-likeness (QED) is 0.857. The normalized spacial score (nSPS) is 15.4. The highest BCUT2D eigenvalue weighted by atomic mass is 16.5. The second-order valence-electron chi connectivity index (χ2n) is 5.72. The average Bonchev–Trinajstić information content (AvgIpc) is 3.24. The van der Waals surface area contributed by atoms with Crippen molar-refractivity contribution < 1.29 is 14.6 Å². The summed E-state index contributed by atoms with van der Waals surface area (Å²) in [6.07, 6.45) is 10.5. The number of hydrogen-bond acceptors (Lipinski definition) is 4. The highest BCUT2D eigenvalue weighted by Gasteiger charge is 2.18. The van der Waals surface area contributed by atoms with Crippen molar-refractivity contribution in [3.05, 3.63) is 41.2 Å². The highest BCUT2D eigenvalue weighted by Crippen LogP contribution is 2.32. The summed E-state index contributed by atoms with van der Waals surface area (Å²) in [6.45, 7) is -0.0329. The molecule has 0 saturated heterocycles. The summed E-state index contributed by atoms with van der Waals surface area (Å²) in [5, 5.41) is 16.1. The van der Waals surface area contributed by atoms with E-state index in [-0.39, 0.29) is 12.7 Å². The maximum absolute atomic E-state index is 9.25. The molecule has 0 atom stereocenters. The third-order valence-electron chi connectivity index (χ3n) is 4.14. The van der Waals surface area contributed by atoms with E-state index in [2.05, 4.69) is 10.2 Å². The molecule has 0 radical (unpaired) electrons. The molecule has 0 unspecified atom stereocenters. The number of aliphatic hydroxyl groups excluding tert-OH is 1. The van der Waals surface area contributed by atoms with Crippen molar-refractivity contribution in [2.75, 3.05) is 7.11 Å². The Kier molecular flexibility index (Phi) is 4.98. The lowest BCUT2D eigenvalue weighted by atomic mass is 10.1. The standard InChI is InChI=1S/C18H22N2O3/c1-22-17-9-7-13(6-8-16-14(12-21)11-19-20-16)10-18(17)23-15-4-2-3-5-15/h6-11,15,21H,2-5,12H2,1H3,(H,19,20). The molecule has 2 N–H and O–H groups in total. The zero-order valence-corrected chi connectivity index (χ0v) is 13.3. The van der Waals surface area contributed by atoms with Crippen LogP contribution in [-0.2, 0) is 6.61 Å². The van der Waals surface area contributed by atoms with Gasteiger partial charge in [0.2, 0.25) is 0 Å². The molecule has 2 aromatic rings. The van der Waals surface area contributed by atoms with Crippen molar-refractivity contribution in [1.82, 2.24) is 10.2 Å². The first-order valence-electron chi connectivity index (χ1n) is 7.96. The molecule has 122 valence electrons. The number of aromatic nitrogens is 2. The number of H-pyrrole nitrogens is 1. The second kappa shape index (κ2) is 7.33. The van der Waals surface area contributed by atoms with E-state index < -0.39 is 0 Å². The van der Waals surface area contributed by atoms with E-state index in [1.54, 1.807) is 13.3 Å². The van der Waals surface area contributed by atoms with E-state index in [4.69, 9.17) is 9.47 Å². The van der Waals surface area contributed by atoms with E-state index in [1.165, 1.54) is 12.8 Å². The molecular weight excluding hydrogens is 292 g/mol. The molecule has 1 heterocycles. The smallest absolute Gasteiger partial charge is 0.162 e. The number of nitrogens with one attached hydrogen (secondary N) is 1. The van der Waals surface area contributed by atoms with E-state index in [0.717, 1.165) is 41.2 Å². The average molecular weight is 314 g/mol. The van der Waals surface area contributed by atoms with E-state index in [9.17, 15) is 5.11 Å². The number of rotatable bonds is 6. The van der Waals surface area contributed by atoms with Gasteiger partial charge in [0.1, 0.15) is 0 Å². The molecule has 1 saturated carbocycles. The maximum atomic E-state index is 9.25. The van der Waals surface area contributed by atoms with Gasteiger partial charge in [-0.3, -0.25) is 5.10 Å². The Morgan fingerprint density at radius 3 is 2.83 bits per heavy atom. The zero-order valence-electron chi connectivity index (χ0n) is 13.3. The van der Waals surface area contributed by atoms with Gasteiger partial charge >= 0.3 is 0 Å². The SMILES string of the molecule is COc1ccc(C=Cc2n[nH]cc2CO)cc1OC1CCCC1. The summed E-state index contributed by atoms with van der Waals surface area (Å²) in [7, 11) is 1.66. The molecule has 1 aliphatic rings. The van der Waals surface area contributed by atoms with Crippen LogP contribution in [0.3, 0.4) is 0 Å². The zero-order chi connectivity index (χ0) is 16.1. The van der Waals surface area contributed by atoms with Crippen LogP contribution in [0.25, 0.3) is 12.2 Å². The molecule has 1 fully saturated rings. The van der Waals surface area contributed by atoms with Gasteiger partial charge < -0.3 is 14.6 Å². The van der Waals surface area contributed by atoms with Gasteiger partial charge in [0, 0.05) is 11.8 Å². The fourth-order valence-corrected chi connectivity index (χ4v) is 2.85. The molecule has 1 aromatic carbocycles. The van der Waals surface area contributed by atoms with Crippen LogP contribution in [0.5, 0.6) is 11.5 Å². The number of aromatic amines is 1. The summed E-state index contributed by atoms with van der Waals surface area (Å²) in [5.41, 5.74) is 2.52. The van der Waals surface area contributed by atoms with E-state index in [0.29, 0.717) is 0 Å². The topological polar surface area (TPSA) is 67.4 Å². The van der Waals surface area contributed by atoms with Crippen LogP contribution in [0.4, 0.5) is 0 Å². The number of ether oxygens (including phenoxy) is 2. The van der Waals surface area contributed by atoms with Crippen molar-refractivity contribution in [2.45, 2.75) is 38.4 Å². The van der Waals surface area contributed by atoms with Crippen LogP contribution in [0, 0.1) is 0 Å². The first-order valence-corrected chi connectivity index (χ1v) is 7.96. The Hall–Kier alpha value is -2.27. The Balaban J connectivity index is 1.79.